The number of para-hydroxylation sites is 1. The molecule has 0 saturated carbocycles. The summed E-state index contributed by atoms with van der Waals surface area (Å²) in [5.41, 5.74) is 18.9. The first-order valence-electron chi connectivity index (χ1n) is 21.7. The summed E-state index contributed by atoms with van der Waals surface area (Å²) in [5.74, 6) is 1.95. The summed E-state index contributed by atoms with van der Waals surface area (Å²) in [6.07, 6.45) is 3.98. The van der Waals surface area contributed by atoms with Crippen LogP contribution in [0.3, 0.4) is 0 Å². The fraction of sp³-hybridized carbons (Fsp3) is 0.0339. The van der Waals surface area contributed by atoms with E-state index < -0.39 is 0 Å². The maximum atomic E-state index is 5.49. The lowest BCUT2D eigenvalue weighted by Crippen LogP contribution is -2.07. The van der Waals surface area contributed by atoms with E-state index in [2.05, 4.69) is 205 Å². The monoisotopic (exact) mass is 802 g/mol. The van der Waals surface area contributed by atoms with E-state index in [4.69, 9.17) is 15.0 Å². The van der Waals surface area contributed by atoms with Crippen LogP contribution in [0.25, 0.3) is 106 Å². The van der Waals surface area contributed by atoms with Gasteiger partial charge in [-0.25, -0.2) is 15.0 Å². The quantitative estimate of drug-likeness (QED) is 0.174. The minimum Gasteiger partial charge on any atom is -0.309 e. The van der Waals surface area contributed by atoms with E-state index in [1.54, 1.807) is 0 Å². The third kappa shape index (κ3) is 5.79. The summed E-state index contributed by atoms with van der Waals surface area (Å²) in [7, 11) is 0. The van der Waals surface area contributed by atoms with Gasteiger partial charge in [0.1, 0.15) is 0 Å². The van der Waals surface area contributed by atoms with Crippen LogP contribution in [0.2, 0.25) is 0 Å². The van der Waals surface area contributed by atoms with Crippen LogP contribution in [0, 0.1) is 0 Å². The summed E-state index contributed by atoms with van der Waals surface area (Å²) in [6.45, 7) is 0. The molecule has 0 fully saturated rings. The average molecular weight is 803 g/mol. The van der Waals surface area contributed by atoms with Gasteiger partial charge in [0.05, 0.1) is 16.7 Å². The first-order chi connectivity index (χ1) is 31.2. The Bertz CT molecular complexity index is 3670. The SMILES string of the molecule is C(=C1\Cc2cccc(-c3nc(-c4ccccc4)nc(-c4cc5c(c(-n6c7ccccc7c7cc8ccccc8cc76)c4)Cc4ccccc4-5)n3)c2-c2ccccc21)/c1ccccc1. The van der Waals surface area contributed by atoms with Gasteiger partial charge < -0.3 is 4.57 Å². The van der Waals surface area contributed by atoms with Gasteiger partial charge in [0, 0.05) is 33.9 Å². The van der Waals surface area contributed by atoms with Gasteiger partial charge in [-0.1, -0.05) is 176 Å². The van der Waals surface area contributed by atoms with E-state index in [0.29, 0.717) is 17.5 Å². The molecule has 0 atom stereocenters. The Labute approximate surface area is 365 Å². The minimum absolute atomic E-state index is 0.643. The van der Waals surface area contributed by atoms with Gasteiger partial charge in [-0.05, 0) is 103 Å². The summed E-state index contributed by atoms with van der Waals surface area (Å²) in [6, 6.07) is 72.0. The van der Waals surface area contributed by atoms with Gasteiger partial charge in [-0.2, -0.15) is 0 Å². The van der Waals surface area contributed by atoms with E-state index in [9.17, 15) is 0 Å². The molecule has 0 saturated heterocycles. The van der Waals surface area contributed by atoms with Crippen LogP contribution in [-0.4, -0.2) is 19.5 Å². The predicted molar refractivity (Wildman–Crippen MR) is 260 cm³/mol. The van der Waals surface area contributed by atoms with E-state index >= 15 is 0 Å². The number of rotatable bonds is 5. The molecule has 13 rings (SSSR count). The third-order valence-corrected chi connectivity index (χ3v) is 13.1. The normalized spacial score (nSPS) is 13.3. The van der Waals surface area contributed by atoms with Crippen molar-refractivity contribution in [1.29, 1.82) is 0 Å². The van der Waals surface area contributed by atoms with Crippen molar-refractivity contribution < 1.29 is 0 Å². The molecule has 9 aromatic carbocycles. The van der Waals surface area contributed by atoms with E-state index in [0.717, 1.165) is 35.2 Å². The van der Waals surface area contributed by atoms with Crippen LogP contribution in [0.4, 0.5) is 0 Å². The summed E-state index contributed by atoms with van der Waals surface area (Å²) in [5, 5.41) is 4.93. The second-order valence-electron chi connectivity index (χ2n) is 16.7. The average Bonchev–Trinajstić information content (AvgIpc) is 3.88. The number of allylic oxidation sites excluding steroid dienone is 1. The Morgan fingerprint density at radius 2 is 1.03 bits per heavy atom. The van der Waals surface area contributed by atoms with Crippen LogP contribution >= 0.6 is 0 Å². The lowest BCUT2D eigenvalue weighted by atomic mass is 9.79. The zero-order valence-corrected chi connectivity index (χ0v) is 34.3. The number of aromatic nitrogens is 4. The lowest BCUT2D eigenvalue weighted by Gasteiger charge is -2.25. The van der Waals surface area contributed by atoms with E-state index in [1.165, 1.54) is 88.2 Å². The topological polar surface area (TPSA) is 43.6 Å². The molecule has 11 aromatic rings. The predicted octanol–water partition coefficient (Wildman–Crippen LogP) is 14.5. The third-order valence-electron chi connectivity index (χ3n) is 13.1. The molecule has 0 N–H and O–H groups in total. The largest absolute Gasteiger partial charge is 0.309 e. The van der Waals surface area contributed by atoms with Crippen LogP contribution in [0.5, 0.6) is 0 Å². The molecule has 0 spiro atoms. The molecule has 2 aliphatic rings. The molecule has 2 aromatic heterocycles. The molecule has 0 bridgehead atoms. The molecule has 0 radical (unpaired) electrons. The van der Waals surface area contributed by atoms with Gasteiger partial charge in [-0.3, -0.25) is 0 Å². The van der Waals surface area contributed by atoms with Crippen LogP contribution in [0.1, 0.15) is 27.8 Å². The summed E-state index contributed by atoms with van der Waals surface area (Å²) >= 11 is 0. The van der Waals surface area contributed by atoms with E-state index in [-0.39, 0.29) is 0 Å². The molecule has 2 aliphatic carbocycles. The smallest absolute Gasteiger partial charge is 0.164 e. The van der Waals surface area contributed by atoms with Crippen molar-refractivity contribution in [2.45, 2.75) is 12.8 Å². The Morgan fingerprint density at radius 1 is 0.397 bits per heavy atom. The highest BCUT2D eigenvalue weighted by Crippen LogP contribution is 2.47. The van der Waals surface area contributed by atoms with Crippen molar-refractivity contribution in [3.63, 3.8) is 0 Å². The zero-order chi connectivity index (χ0) is 41.4. The standard InChI is InChI=1S/C59H38N4/c1-3-16-37(17-4-1)30-43-31-42-23-15-28-49(56(42)48-27-12-11-25-46(43)48)59-61-57(38-18-5-2-6-19-38)60-58(62-59)44-34-50-45-24-10-9-22-41(45)33-52(50)55(36-44)63-53-29-14-13-26-47(53)51-32-39-20-7-8-21-40(39)35-54(51)63/h1-30,32,34-36H,31,33H2/b43-30-. The Morgan fingerprint density at radius 3 is 1.87 bits per heavy atom. The molecule has 4 heteroatoms. The highest BCUT2D eigenvalue weighted by Gasteiger charge is 2.28. The molecular formula is C59H38N4. The maximum absolute atomic E-state index is 5.49. The van der Waals surface area contributed by atoms with Crippen LogP contribution in [0.15, 0.2) is 200 Å². The number of hydrogen-bond acceptors (Lipinski definition) is 3. The van der Waals surface area contributed by atoms with Gasteiger partial charge in [0.2, 0.25) is 0 Å². The molecule has 2 heterocycles. The number of fused-ring (bicyclic) bond motifs is 10. The van der Waals surface area contributed by atoms with Gasteiger partial charge >= 0.3 is 0 Å². The molecular weight excluding hydrogens is 765 g/mol. The fourth-order valence-corrected chi connectivity index (χ4v) is 10.2. The number of benzene rings is 9. The van der Waals surface area contributed by atoms with Crippen molar-refractivity contribution in [3.05, 3.63) is 228 Å². The van der Waals surface area contributed by atoms with Crippen molar-refractivity contribution in [1.82, 2.24) is 19.5 Å². The second kappa shape index (κ2) is 14.2. The molecule has 4 nitrogen and oxygen atoms in total. The maximum Gasteiger partial charge on any atom is 0.164 e. The fourth-order valence-electron chi connectivity index (χ4n) is 10.2. The number of hydrogen-bond donors (Lipinski definition) is 0. The van der Waals surface area contributed by atoms with E-state index in [1.807, 2.05) is 6.07 Å². The highest BCUT2D eigenvalue weighted by atomic mass is 15.0. The van der Waals surface area contributed by atoms with Crippen molar-refractivity contribution in [3.8, 4) is 62.1 Å². The van der Waals surface area contributed by atoms with Gasteiger partial charge in [0.25, 0.3) is 0 Å². The Balaban J connectivity index is 1.06. The molecule has 294 valence electrons. The van der Waals surface area contributed by atoms with Crippen LogP contribution in [-0.2, 0) is 12.8 Å². The van der Waals surface area contributed by atoms with Gasteiger partial charge in [0.15, 0.2) is 17.5 Å². The van der Waals surface area contributed by atoms with Gasteiger partial charge in [-0.15, -0.1) is 0 Å². The Kier molecular flexibility index (Phi) is 8.00. The number of nitrogens with zero attached hydrogens (tertiary/aromatic N) is 4. The molecule has 0 aliphatic heterocycles. The second-order valence-corrected chi connectivity index (χ2v) is 16.7. The first kappa shape index (κ1) is 35.5. The zero-order valence-electron chi connectivity index (χ0n) is 34.3. The highest BCUT2D eigenvalue weighted by molar-refractivity contribution is 6.14. The minimum atomic E-state index is 0.643. The summed E-state index contributed by atoms with van der Waals surface area (Å²) in [4.78, 5) is 16.2. The molecule has 0 amide bonds. The van der Waals surface area contributed by atoms with Crippen LogP contribution < -0.4 is 0 Å². The lowest BCUT2D eigenvalue weighted by molar-refractivity contribution is 1.07. The summed E-state index contributed by atoms with van der Waals surface area (Å²) < 4.78 is 2.48. The first-order valence-corrected chi connectivity index (χ1v) is 21.7. The molecule has 63 heavy (non-hydrogen) atoms. The van der Waals surface area contributed by atoms with Crippen molar-refractivity contribution >= 4 is 44.2 Å². The Hall–Kier alpha value is -8.21. The molecule has 0 unspecified atom stereocenters. The van der Waals surface area contributed by atoms with Crippen molar-refractivity contribution in [2.75, 3.05) is 0 Å². The van der Waals surface area contributed by atoms with Crippen molar-refractivity contribution in [2.24, 2.45) is 0 Å².